The predicted octanol–water partition coefficient (Wildman–Crippen LogP) is 3.77. The van der Waals surface area contributed by atoms with E-state index in [-0.39, 0.29) is 0 Å². The Morgan fingerprint density at radius 3 is 2.65 bits per heavy atom. The van der Waals surface area contributed by atoms with Crippen LogP contribution < -0.4 is 5.32 Å². The van der Waals surface area contributed by atoms with Crippen molar-refractivity contribution in [2.75, 3.05) is 12.4 Å². The fourth-order valence-corrected chi connectivity index (χ4v) is 3.66. The Balaban J connectivity index is 2.06. The van der Waals surface area contributed by atoms with Crippen molar-refractivity contribution < 1.29 is 0 Å². The zero-order valence-corrected chi connectivity index (χ0v) is 11.2. The van der Waals surface area contributed by atoms with Gasteiger partial charge in [0.15, 0.2) is 5.17 Å². The van der Waals surface area contributed by atoms with Gasteiger partial charge in [-0.1, -0.05) is 17.8 Å². The number of amidine groups is 1. The summed E-state index contributed by atoms with van der Waals surface area (Å²) in [6.45, 7) is 2.27. The molecule has 3 heteroatoms. The van der Waals surface area contributed by atoms with Crippen molar-refractivity contribution in [1.29, 1.82) is 0 Å². The van der Waals surface area contributed by atoms with Crippen LogP contribution in [0.3, 0.4) is 0 Å². The number of fused-ring (bicyclic) bond motifs is 2. The molecular weight excluding hydrogens is 228 g/mol. The van der Waals surface area contributed by atoms with E-state index in [2.05, 4.69) is 29.4 Å². The van der Waals surface area contributed by atoms with Gasteiger partial charge in [-0.3, -0.25) is 4.99 Å². The van der Waals surface area contributed by atoms with Gasteiger partial charge >= 0.3 is 0 Å². The van der Waals surface area contributed by atoms with Crippen molar-refractivity contribution >= 4 is 22.6 Å². The first-order chi connectivity index (χ1) is 8.28. The van der Waals surface area contributed by atoms with E-state index in [1.807, 2.05) is 18.8 Å². The van der Waals surface area contributed by atoms with Crippen LogP contribution in [-0.2, 0) is 12.8 Å². The lowest BCUT2D eigenvalue weighted by Gasteiger charge is -2.27. The van der Waals surface area contributed by atoms with Crippen molar-refractivity contribution in [2.24, 2.45) is 4.99 Å². The van der Waals surface area contributed by atoms with Gasteiger partial charge in [-0.25, -0.2) is 0 Å². The molecule has 2 aliphatic rings. The smallest absolute Gasteiger partial charge is 0.161 e. The zero-order valence-electron chi connectivity index (χ0n) is 10.4. The van der Waals surface area contributed by atoms with Gasteiger partial charge in [0.2, 0.25) is 0 Å². The van der Waals surface area contributed by atoms with Crippen LogP contribution in [0.2, 0.25) is 0 Å². The lowest BCUT2D eigenvalue weighted by atomic mass is 9.89. The molecule has 2 nitrogen and oxygen atoms in total. The van der Waals surface area contributed by atoms with Crippen LogP contribution in [0.4, 0.5) is 5.69 Å². The van der Waals surface area contributed by atoms with Gasteiger partial charge in [-0.15, -0.1) is 0 Å². The monoisotopic (exact) mass is 246 g/mol. The largest absolute Gasteiger partial charge is 0.335 e. The SMILES string of the molecule is CN=C1Nc2cc3c(cc2C(C)S1)CCCC3. The van der Waals surface area contributed by atoms with Crippen molar-refractivity contribution in [3.63, 3.8) is 0 Å². The number of aliphatic imine (C=N–C) groups is 1. The lowest BCUT2D eigenvalue weighted by Crippen LogP contribution is -2.18. The first kappa shape index (κ1) is 11.1. The van der Waals surface area contributed by atoms with E-state index in [0.717, 1.165) is 5.17 Å². The summed E-state index contributed by atoms with van der Waals surface area (Å²) in [4.78, 5) is 4.28. The maximum absolute atomic E-state index is 4.28. The summed E-state index contributed by atoms with van der Waals surface area (Å²) < 4.78 is 0. The van der Waals surface area contributed by atoms with Gasteiger partial charge < -0.3 is 5.32 Å². The molecule has 0 spiro atoms. The highest BCUT2D eigenvalue weighted by atomic mass is 32.2. The summed E-state index contributed by atoms with van der Waals surface area (Å²) in [5.41, 5.74) is 5.83. The number of benzene rings is 1. The van der Waals surface area contributed by atoms with Gasteiger partial charge in [0, 0.05) is 18.0 Å². The number of anilines is 1. The summed E-state index contributed by atoms with van der Waals surface area (Å²) in [5, 5.41) is 4.99. The first-order valence-corrected chi connectivity index (χ1v) is 7.22. The second-order valence-corrected chi connectivity index (χ2v) is 6.16. The molecule has 1 N–H and O–H groups in total. The van der Waals surface area contributed by atoms with Crippen LogP contribution >= 0.6 is 11.8 Å². The number of rotatable bonds is 0. The molecule has 0 amide bonds. The van der Waals surface area contributed by atoms with E-state index >= 15 is 0 Å². The van der Waals surface area contributed by atoms with Crippen molar-refractivity contribution in [3.05, 3.63) is 28.8 Å². The van der Waals surface area contributed by atoms with E-state index in [1.54, 1.807) is 5.56 Å². The quantitative estimate of drug-likeness (QED) is 0.753. The molecule has 0 saturated carbocycles. The molecule has 1 aliphatic carbocycles. The Morgan fingerprint density at radius 1 is 1.24 bits per heavy atom. The number of nitrogens with zero attached hydrogens (tertiary/aromatic N) is 1. The van der Waals surface area contributed by atoms with Crippen LogP contribution in [0.15, 0.2) is 17.1 Å². The number of aryl methyl sites for hydroxylation is 2. The minimum absolute atomic E-state index is 0.511. The molecule has 0 saturated heterocycles. The Kier molecular flexibility index (Phi) is 2.87. The van der Waals surface area contributed by atoms with Crippen LogP contribution in [0.25, 0.3) is 0 Å². The highest BCUT2D eigenvalue weighted by Crippen LogP contribution is 2.41. The molecule has 3 rings (SSSR count). The van der Waals surface area contributed by atoms with E-state index in [1.165, 1.54) is 42.5 Å². The lowest BCUT2D eigenvalue weighted by molar-refractivity contribution is 0.684. The molecule has 0 fully saturated rings. The Labute approximate surface area is 107 Å². The topological polar surface area (TPSA) is 24.4 Å². The van der Waals surface area contributed by atoms with E-state index in [4.69, 9.17) is 0 Å². The molecule has 1 atom stereocenters. The highest BCUT2D eigenvalue weighted by Gasteiger charge is 2.23. The number of thioether (sulfide) groups is 1. The predicted molar refractivity (Wildman–Crippen MR) is 76.1 cm³/mol. The van der Waals surface area contributed by atoms with Gasteiger partial charge in [-0.2, -0.15) is 0 Å². The van der Waals surface area contributed by atoms with Crippen molar-refractivity contribution in [3.8, 4) is 0 Å². The average molecular weight is 246 g/mol. The molecule has 0 bridgehead atoms. The van der Waals surface area contributed by atoms with Gasteiger partial charge in [0.1, 0.15) is 0 Å². The zero-order chi connectivity index (χ0) is 11.8. The van der Waals surface area contributed by atoms with Crippen LogP contribution in [0.5, 0.6) is 0 Å². The van der Waals surface area contributed by atoms with Gasteiger partial charge in [0.05, 0.1) is 0 Å². The summed E-state index contributed by atoms with van der Waals surface area (Å²) in [7, 11) is 1.85. The first-order valence-electron chi connectivity index (χ1n) is 6.34. The molecule has 1 aromatic carbocycles. The number of nitrogens with one attached hydrogen (secondary N) is 1. The Morgan fingerprint density at radius 2 is 1.94 bits per heavy atom. The molecular formula is C14H18N2S. The van der Waals surface area contributed by atoms with Crippen LogP contribution in [0.1, 0.15) is 41.7 Å². The van der Waals surface area contributed by atoms with E-state index in [9.17, 15) is 0 Å². The Hall–Kier alpha value is -0.960. The fourth-order valence-electron chi connectivity index (χ4n) is 2.73. The molecule has 1 aromatic rings. The molecule has 0 radical (unpaired) electrons. The molecule has 1 aliphatic heterocycles. The molecule has 90 valence electrons. The number of hydrogen-bond donors (Lipinski definition) is 1. The second-order valence-electron chi connectivity index (χ2n) is 4.83. The molecule has 17 heavy (non-hydrogen) atoms. The van der Waals surface area contributed by atoms with E-state index in [0.29, 0.717) is 5.25 Å². The summed E-state index contributed by atoms with van der Waals surface area (Å²) in [6.07, 6.45) is 5.19. The highest BCUT2D eigenvalue weighted by molar-refractivity contribution is 8.14. The van der Waals surface area contributed by atoms with Gasteiger partial charge in [0.25, 0.3) is 0 Å². The second kappa shape index (κ2) is 4.37. The molecule has 0 aromatic heterocycles. The Bertz CT molecular complexity index is 479. The third-order valence-electron chi connectivity index (χ3n) is 3.69. The third-order valence-corrected chi connectivity index (χ3v) is 4.80. The van der Waals surface area contributed by atoms with E-state index < -0.39 is 0 Å². The summed E-state index contributed by atoms with van der Waals surface area (Å²) >= 11 is 1.82. The maximum atomic E-state index is 4.28. The third kappa shape index (κ3) is 1.97. The summed E-state index contributed by atoms with van der Waals surface area (Å²) in [5.74, 6) is 0. The average Bonchev–Trinajstić information content (AvgIpc) is 2.36. The summed E-state index contributed by atoms with van der Waals surface area (Å²) in [6, 6.07) is 4.77. The standard InChI is InChI=1S/C14H18N2S/c1-9-12-7-10-5-3-4-6-11(10)8-13(12)16-14(15-2)17-9/h7-9H,3-6H2,1-2H3,(H,15,16). The maximum Gasteiger partial charge on any atom is 0.161 e. The van der Waals surface area contributed by atoms with Gasteiger partial charge in [-0.05, 0) is 55.4 Å². The van der Waals surface area contributed by atoms with Crippen molar-refractivity contribution in [2.45, 2.75) is 37.9 Å². The molecule has 1 heterocycles. The fraction of sp³-hybridized carbons (Fsp3) is 0.500. The minimum atomic E-state index is 0.511. The van der Waals surface area contributed by atoms with Crippen molar-refractivity contribution in [1.82, 2.24) is 0 Å². The number of hydrogen-bond acceptors (Lipinski definition) is 2. The van der Waals surface area contributed by atoms with Crippen LogP contribution in [0, 0.1) is 0 Å². The minimum Gasteiger partial charge on any atom is -0.335 e. The normalized spacial score (nSPS) is 25.1. The molecule has 1 unspecified atom stereocenters. The van der Waals surface area contributed by atoms with Crippen LogP contribution in [-0.4, -0.2) is 12.2 Å².